The van der Waals surface area contributed by atoms with Crippen molar-refractivity contribution in [3.63, 3.8) is 0 Å². The smallest absolute Gasteiger partial charge is 0.251 e. The van der Waals surface area contributed by atoms with E-state index in [-0.39, 0.29) is 24.5 Å². The van der Waals surface area contributed by atoms with Gasteiger partial charge in [0.05, 0.1) is 18.7 Å². The molecular weight excluding hydrogens is 492 g/mol. The Morgan fingerprint density at radius 2 is 1.78 bits per heavy atom. The number of anilines is 1. The number of nitrogens with zero attached hydrogens (tertiary/aromatic N) is 2. The van der Waals surface area contributed by atoms with E-state index in [0.717, 1.165) is 43.5 Å². The number of ether oxygens (including phenoxy) is 2. The van der Waals surface area contributed by atoms with Gasteiger partial charge in [-0.1, -0.05) is 11.6 Å². The van der Waals surface area contributed by atoms with Gasteiger partial charge in [-0.15, -0.1) is 0 Å². The summed E-state index contributed by atoms with van der Waals surface area (Å²) >= 11 is 6.53. The monoisotopic (exact) mass is 532 g/mol. The lowest BCUT2D eigenvalue weighted by atomic mass is 9.89. The van der Waals surface area contributed by atoms with Gasteiger partial charge in [0.25, 0.3) is 5.91 Å². The van der Waals surface area contributed by atoms with E-state index in [9.17, 15) is 9.59 Å². The number of hydrogen-bond donors (Lipinski definition) is 2. The van der Waals surface area contributed by atoms with Crippen molar-refractivity contribution in [3.8, 4) is 5.88 Å². The minimum absolute atomic E-state index is 0.0318. The molecule has 0 atom stereocenters. The lowest BCUT2D eigenvalue weighted by Crippen LogP contribution is -2.42. The molecule has 3 rings (SSSR count). The van der Waals surface area contributed by atoms with Gasteiger partial charge in [-0.05, 0) is 78.2 Å². The highest BCUT2D eigenvalue weighted by Gasteiger charge is 2.28. The molecule has 0 unspecified atom stereocenters. The highest BCUT2D eigenvalue weighted by atomic mass is 35.5. The van der Waals surface area contributed by atoms with Gasteiger partial charge in [0.2, 0.25) is 0 Å². The molecule has 0 aliphatic heterocycles. The molecule has 0 radical (unpaired) electrons. The molecule has 37 heavy (non-hydrogen) atoms. The number of carbonyl (C=O) groups is 1. The van der Waals surface area contributed by atoms with Crippen molar-refractivity contribution in [2.75, 3.05) is 45.9 Å². The summed E-state index contributed by atoms with van der Waals surface area (Å²) < 4.78 is 10.7. The Bertz CT molecular complexity index is 1130. The number of pyridine rings is 1. The number of aromatic amines is 1. The minimum Gasteiger partial charge on any atom is -0.476 e. The van der Waals surface area contributed by atoms with E-state index in [1.807, 2.05) is 13.0 Å². The van der Waals surface area contributed by atoms with Crippen LogP contribution in [0.4, 0.5) is 5.69 Å². The molecule has 0 saturated heterocycles. The summed E-state index contributed by atoms with van der Waals surface area (Å²) in [4.78, 5) is 33.8. The van der Waals surface area contributed by atoms with Crippen LogP contribution in [0.1, 0.15) is 59.8 Å². The fourth-order valence-corrected chi connectivity index (χ4v) is 5.39. The zero-order chi connectivity index (χ0) is 27.1. The minimum atomic E-state index is -0.281. The first kappa shape index (κ1) is 29.0. The highest BCUT2D eigenvalue weighted by molar-refractivity contribution is 6.31. The van der Waals surface area contributed by atoms with Gasteiger partial charge in [-0.25, -0.2) is 0 Å². The maximum absolute atomic E-state index is 13.3. The highest BCUT2D eigenvalue weighted by Crippen LogP contribution is 2.34. The number of halogens is 1. The van der Waals surface area contributed by atoms with Crippen molar-refractivity contribution >= 4 is 23.2 Å². The number of hydrogen-bond acceptors (Lipinski definition) is 6. The van der Waals surface area contributed by atoms with Crippen LogP contribution in [0.25, 0.3) is 0 Å². The summed E-state index contributed by atoms with van der Waals surface area (Å²) in [6, 6.07) is 6.18. The molecule has 1 amide bonds. The molecule has 204 valence electrons. The topological polar surface area (TPSA) is 86.9 Å². The predicted molar refractivity (Wildman–Crippen MR) is 149 cm³/mol. The van der Waals surface area contributed by atoms with Gasteiger partial charge in [0, 0.05) is 53.8 Å². The molecule has 1 aromatic carbocycles. The Balaban J connectivity index is 1.80. The molecule has 0 spiro atoms. The van der Waals surface area contributed by atoms with Crippen molar-refractivity contribution in [3.05, 3.63) is 55.8 Å². The summed E-state index contributed by atoms with van der Waals surface area (Å²) in [5.41, 5.74) is 3.23. The van der Waals surface area contributed by atoms with Crippen molar-refractivity contribution in [1.29, 1.82) is 0 Å². The van der Waals surface area contributed by atoms with Crippen molar-refractivity contribution < 1.29 is 14.3 Å². The number of H-pyrrole nitrogens is 1. The maximum atomic E-state index is 13.3. The summed E-state index contributed by atoms with van der Waals surface area (Å²) in [7, 11) is 5.88. The second kappa shape index (κ2) is 13.3. The van der Waals surface area contributed by atoms with E-state index in [2.05, 4.69) is 41.1 Å². The van der Waals surface area contributed by atoms with Crippen LogP contribution < -0.4 is 20.4 Å². The molecule has 9 heteroatoms. The third-order valence-electron chi connectivity index (χ3n) is 7.27. The average molecular weight is 533 g/mol. The van der Waals surface area contributed by atoms with Crippen LogP contribution in [0.5, 0.6) is 5.88 Å². The van der Waals surface area contributed by atoms with Crippen molar-refractivity contribution in [2.45, 2.75) is 65.1 Å². The fourth-order valence-electron chi connectivity index (χ4n) is 5.18. The molecule has 1 aromatic heterocycles. The molecular formula is C28H41ClN4O4. The van der Waals surface area contributed by atoms with Crippen LogP contribution in [-0.4, -0.2) is 68.8 Å². The third-order valence-corrected chi connectivity index (χ3v) is 7.48. The SMILES string of the molecule is CCN(c1cc(Cl)cc(C(=O)NCc2c(OCCOC)[nH]c(C)cc2=O)c1C)C1CCC(N(C)C)CC1. The second-order valence-electron chi connectivity index (χ2n) is 9.96. The van der Waals surface area contributed by atoms with Crippen molar-refractivity contribution in [2.24, 2.45) is 0 Å². The zero-order valence-electron chi connectivity index (χ0n) is 22.9. The Hall–Kier alpha value is -2.55. The summed E-state index contributed by atoms with van der Waals surface area (Å²) in [5.74, 6) is 0.0628. The largest absolute Gasteiger partial charge is 0.476 e. The Labute approximate surface area is 225 Å². The first-order chi connectivity index (χ1) is 17.7. The number of nitrogens with one attached hydrogen (secondary N) is 2. The van der Waals surface area contributed by atoms with E-state index in [1.54, 1.807) is 20.1 Å². The maximum Gasteiger partial charge on any atom is 0.251 e. The predicted octanol–water partition coefficient (Wildman–Crippen LogP) is 4.30. The van der Waals surface area contributed by atoms with E-state index >= 15 is 0 Å². The van der Waals surface area contributed by atoms with Crippen molar-refractivity contribution in [1.82, 2.24) is 15.2 Å². The Kier molecular flexibility index (Phi) is 10.4. The van der Waals surface area contributed by atoms with Gasteiger partial charge < -0.3 is 29.6 Å². The molecule has 1 fully saturated rings. The van der Waals surface area contributed by atoms with Gasteiger partial charge >= 0.3 is 0 Å². The van der Waals surface area contributed by atoms with Crippen LogP contribution in [0.15, 0.2) is 23.0 Å². The number of carbonyl (C=O) groups excluding carboxylic acids is 1. The molecule has 1 aliphatic rings. The van der Waals surface area contributed by atoms with Crippen LogP contribution in [0, 0.1) is 13.8 Å². The third kappa shape index (κ3) is 7.27. The average Bonchev–Trinajstić information content (AvgIpc) is 2.86. The first-order valence-electron chi connectivity index (χ1n) is 13.0. The first-order valence-corrected chi connectivity index (χ1v) is 13.4. The lowest BCUT2D eigenvalue weighted by Gasteiger charge is -2.40. The summed E-state index contributed by atoms with van der Waals surface area (Å²) in [6.45, 7) is 7.44. The Morgan fingerprint density at radius 3 is 2.41 bits per heavy atom. The van der Waals surface area contributed by atoms with E-state index in [1.165, 1.54) is 6.07 Å². The lowest BCUT2D eigenvalue weighted by molar-refractivity contribution is 0.0949. The molecule has 1 saturated carbocycles. The second-order valence-corrected chi connectivity index (χ2v) is 10.4. The number of aryl methyl sites for hydroxylation is 1. The van der Waals surface area contributed by atoms with Crippen LogP contribution in [-0.2, 0) is 11.3 Å². The Morgan fingerprint density at radius 1 is 1.11 bits per heavy atom. The molecule has 1 aliphatic carbocycles. The summed E-state index contributed by atoms with van der Waals surface area (Å²) in [6.07, 6.45) is 4.51. The van der Waals surface area contributed by atoms with E-state index in [0.29, 0.717) is 46.4 Å². The molecule has 8 nitrogen and oxygen atoms in total. The number of rotatable bonds is 11. The normalized spacial score (nSPS) is 17.6. The van der Waals surface area contributed by atoms with Gasteiger partial charge in [0.15, 0.2) is 11.3 Å². The van der Waals surface area contributed by atoms with Crippen LogP contribution in [0.3, 0.4) is 0 Å². The number of aromatic nitrogens is 1. The van der Waals surface area contributed by atoms with Crippen LogP contribution >= 0.6 is 11.6 Å². The molecule has 0 bridgehead atoms. The standard InChI is InChI=1S/C28H41ClN4O4/c1-7-33(22-10-8-21(9-11-22)32(4)5)25-16-20(29)15-23(19(25)3)27(35)30-17-24-26(34)14-18(2)31-28(24)37-13-12-36-6/h14-16,21-22H,7-13,17H2,1-6H3,(H,30,35)(H,31,34). The molecule has 2 aromatic rings. The van der Waals surface area contributed by atoms with Gasteiger partial charge in [-0.3, -0.25) is 9.59 Å². The molecule has 2 N–H and O–H groups in total. The van der Waals surface area contributed by atoms with E-state index in [4.69, 9.17) is 21.1 Å². The number of benzene rings is 1. The van der Waals surface area contributed by atoms with Crippen LogP contribution in [0.2, 0.25) is 5.02 Å². The zero-order valence-corrected chi connectivity index (χ0v) is 23.7. The van der Waals surface area contributed by atoms with E-state index < -0.39 is 0 Å². The summed E-state index contributed by atoms with van der Waals surface area (Å²) in [5, 5.41) is 3.42. The molecule has 1 heterocycles. The quantitative estimate of drug-likeness (QED) is 0.420. The fraction of sp³-hybridized carbons (Fsp3) is 0.571. The van der Waals surface area contributed by atoms with Gasteiger partial charge in [-0.2, -0.15) is 0 Å². The van der Waals surface area contributed by atoms with Gasteiger partial charge in [0.1, 0.15) is 6.61 Å². The number of amides is 1. The number of methoxy groups -OCH3 is 1.